The fourth-order valence-corrected chi connectivity index (χ4v) is 2.98. The van der Waals surface area contributed by atoms with Crippen molar-refractivity contribution < 1.29 is 4.79 Å². The molecule has 2 aliphatic rings. The van der Waals surface area contributed by atoms with Crippen molar-refractivity contribution in [1.82, 2.24) is 14.4 Å². The van der Waals surface area contributed by atoms with E-state index in [1.165, 1.54) is 19.3 Å². The van der Waals surface area contributed by atoms with Gasteiger partial charge in [0.25, 0.3) is 5.91 Å². The minimum absolute atomic E-state index is 0.143. The van der Waals surface area contributed by atoms with E-state index in [-0.39, 0.29) is 5.91 Å². The van der Waals surface area contributed by atoms with Crippen LogP contribution in [0, 0.1) is 0 Å². The van der Waals surface area contributed by atoms with Crippen LogP contribution in [0.3, 0.4) is 0 Å². The summed E-state index contributed by atoms with van der Waals surface area (Å²) < 4.78 is 2.08. The highest BCUT2D eigenvalue weighted by Crippen LogP contribution is 2.37. The number of hydrogen-bond donors (Lipinski definition) is 1. The van der Waals surface area contributed by atoms with Gasteiger partial charge in [-0.15, -0.1) is 0 Å². The van der Waals surface area contributed by atoms with Gasteiger partial charge >= 0.3 is 0 Å². The smallest absolute Gasteiger partial charge is 0.270 e. The Kier molecular flexibility index (Phi) is 3.70. The van der Waals surface area contributed by atoms with Gasteiger partial charge in [-0.25, -0.2) is 0 Å². The normalized spacial score (nSPS) is 20.4. The number of nitrogen functional groups attached to an aromatic ring is 1. The predicted molar refractivity (Wildman–Crippen MR) is 79.7 cm³/mol. The van der Waals surface area contributed by atoms with Crippen LogP contribution in [0.5, 0.6) is 0 Å². The molecule has 2 heterocycles. The quantitative estimate of drug-likeness (QED) is 0.908. The molecule has 1 aliphatic heterocycles. The second-order valence-corrected chi connectivity index (χ2v) is 5.93. The fourth-order valence-electron chi connectivity index (χ4n) is 2.98. The van der Waals surface area contributed by atoms with Crippen molar-refractivity contribution in [2.75, 3.05) is 38.5 Å². The van der Waals surface area contributed by atoms with Gasteiger partial charge in [0.15, 0.2) is 0 Å². The maximum Gasteiger partial charge on any atom is 0.270 e. The lowest BCUT2D eigenvalue weighted by Crippen LogP contribution is -2.49. The van der Waals surface area contributed by atoms with Crippen molar-refractivity contribution in [2.45, 2.75) is 32.2 Å². The van der Waals surface area contributed by atoms with Crippen LogP contribution in [0.25, 0.3) is 0 Å². The first-order valence-electron chi connectivity index (χ1n) is 7.68. The van der Waals surface area contributed by atoms with Crippen molar-refractivity contribution in [1.29, 1.82) is 0 Å². The molecule has 1 amide bonds. The Morgan fingerprint density at radius 3 is 2.60 bits per heavy atom. The molecule has 0 atom stereocenters. The van der Waals surface area contributed by atoms with Crippen LogP contribution in [0.2, 0.25) is 0 Å². The van der Waals surface area contributed by atoms with E-state index in [0.717, 1.165) is 38.4 Å². The summed E-state index contributed by atoms with van der Waals surface area (Å²) in [5.74, 6) is 0.143. The van der Waals surface area contributed by atoms with Gasteiger partial charge in [0.2, 0.25) is 0 Å². The molecule has 0 radical (unpaired) electrons. The molecule has 2 N–H and O–H groups in total. The van der Waals surface area contributed by atoms with E-state index in [2.05, 4.69) is 16.4 Å². The molecular formula is C15H24N4O. The Morgan fingerprint density at radius 1 is 1.30 bits per heavy atom. The van der Waals surface area contributed by atoms with Crippen LogP contribution in [0.4, 0.5) is 5.69 Å². The van der Waals surface area contributed by atoms with E-state index in [9.17, 15) is 4.79 Å². The summed E-state index contributed by atoms with van der Waals surface area (Å²) in [6, 6.07) is 2.33. The minimum atomic E-state index is 0.143. The number of carbonyl (C=O) groups is 1. The molecule has 1 aromatic rings. The van der Waals surface area contributed by atoms with Crippen molar-refractivity contribution in [2.24, 2.45) is 0 Å². The molecule has 110 valence electrons. The van der Waals surface area contributed by atoms with E-state index in [1.54, 1.807) is 0 Å². The summed E-state index contributed by atoms with van der Waals surface area (Å²) in [5.41, 5.74) is 7.35. The monoisotopic (exact) mass is 276 g/mol. The first-order chi connectivity index (χ1) is 9.69. The van der Waals surface area contributed by atoms with E-state index in [4.69, 9.17) is 5.73 Å². The van der Waals surface area contributed by atoms with Crippen LogP contribution in [0.1, 0.15) is 42.7 Å². The van der Waals surface area contributed by atoms with Gasteiger partial charge in [-0.1, -0.05) is 6.92 Å². The molecule has 0 spiro atoms. The summed E-state index contributed by atoms with van der Waals surface area (Å²) in [5, 5.41) is 0. The molecule has 1 saturated heterocycles. The van der Waals surface area contributed by atoms with Gasteiger partial charge in [-0.3, -0.25) is 9.69 Å². The summed E-state index contributed by atoms with van der Waals surface area (Å²) in [4.78, 5) is 17.1. The zero-order chi connectivity index (χ0) is 14.1. The Morgan fingerprint density at radius 2 is 2.00 bits per heavy atom. The predicted octanol–water partition coefficient (Wildman–Crippen LogP) is 1.57. The van der Waals surface area contributed by atoms with Crippen LogP contribution in [-0.2, 0) is 0 Å². The maximum absolute atomic E-state index is 12.7. The van der Waals surface area contributed by atoms with Gasteiger partial charge in [0.1, 0.15) is 5.69 Å². The Hall–Kier alpha value is -1.49. The summed E-state index contributed by atoms with van der Waals surface area (Å²) in [7, 11) is 0. The molecule has 5 heteroatoms. The number of piperazine rings is 1. The number of hydrogen-bond acceptors (Lipinski definition) is 3. The number of aromatic nitrogens is 1. The standard InChI is InChI=1S/C15H24N4O/c1-2-5-17-6-8-18(9-7-17)15(20)14-10-12(16)11-19(14)13-3-4-13/h10-11,13H,2-9,16H2,1H3. The lowest BCUT2D eigenvalue weighted by atomic mass is 10.2. The zero-order valence-corrected chi connectivity index (χ0v) is 12.2. The van der Waals surface area contributed by atoms with Gasteiger partial charge < -0.3 is 15.2 Å². The first-order valence-corrected chi connectivity index (χ1v) is 7.68. The number of carbonyl (C=O) groups excluding carboxylic acids is 1. The molecule has 1 aliphatic carbocycles. The number of nitrogens with zero attached hydrogens (tertiary/aromatic N) is 3. The molecule has 1 saturated carbocycles. The molecule has 20 heavy (non-hydrogen) atoms. The first kappa shape index (κ1) is 13.5. The van der Waals surface area contributed by atoms with Crippen molar-refractivity contribution >= 4 is 11.6 Å². The van der Waals surface area contributed by atoms with Crippen molar-refractivity contribution in [3.05, 3.63) is 18.0 Å². The molecule has 0 unspecified atom stereocenters. The van der Waals surface area contributed by atoms with E-state index in [0.29, 0.717) is 11.7 Å². The van der Waals surface area contributed by atoms with Crippen LogP contribution in [-0.4, -0.2) is 53.0 Å². The van der Waals surface area contributed by atoms with Crippen molar-refractivity contribution in [3.8, 4) is 0 Å². The third-order valence-corrected chi connectivity index (χ3v) is 4.23. The highest BCUT2D eigenvalue weighted by atomic mass is 16.2. The molecule has 0 bridgehead atoms. The summed E-state index contributed by atoms with van der Waals surface area (Å²) in [6.07, 6.45) is 5.42. The number of amides is 1. The number of nitrogens with two attached hydrogens (primary N) is 1. The fraction of sp³-hybridized carbons (Fsp3) is 0.667. The zero-order valence-electron chi connectivity index (χ0n) is 12.2. The Bertz CT molecular complexity index is 484. The van der Waals surface area contributed by atoms with Crippen LogP contribution < -0.4 is 5.73 Å². The number of rotatable bonds is 4. The molecule has 2 fully saturated rings. The summed E-state index contributed by atoms with van der Waals surface area (Å²) in [6.45, 7) is 6.96. The second-order valence-electron chi connectivity index (χ2n) is 5.93. The topological polar surface area (TPSA) is 54.5 Å². The highest BCUT2D eigenvalue weighted by Gasteiger charge is 2.30. The van der Waals surface area contributed by atoms with Gasteiger partial charge in [0.05, 0.1) is 5.69 Å². The average Bonchev–Trinajstić information content (AvgIpc) is 3.22. The molecular weight excluding hydrogens is 252 g/mol. The molecule has 5 nitrogen and oxygen atoms in total. The van der Waals surface area contributed by atoms with Crippen LogP contribution in [0.15, 0.2) is 12.3 Å². The SMILES string of the molecule is CCCN1CCN(C(=O)c2cc(N)cn2C2CC2)CC1. The van der Waals surface area contributed by atoms with Crippen LogP contribution >= 0.6 is 0 Å². The Balaban J connectivity index is 1.67. The Labute approximate surface area is 120 Å². The largest absolute Gasteiger partial charge is 0.397 e. The van der Waals surface area contributed by atoms with Gasteiger partial charge in [-0.2, -0.15) is 0 Å². The lowest BCUT2D eigenvalue weighted by molar-refractivity contribution is 0.0626. The van der Waals surface area contributed by atoms with Gasteiger partial charge in [0, 0.05) is 38.4 Å². The molecule has 1 aromatic heterocycles. The second kappa shape index (κ2) is 5.48. The lowest BCUT2D eigenvalue weighted by Gasteiger charge is -2.34. The molecule has 0 aromatic carbocycles. The summed E-state index contributed by atoms with van der Waals surface area (Å²) >= 11 is 0. The molecule has 3 rings (SSSR count). The maximum atomic E-state index is 12.7. The van der Waals surface area contributed by atoms with Gasteiger partial charge in [-0.05, 0) is 31.9 Å². The van der Waals surface area contributed by atoms with Crippen molar-refractivity contribution in [3.63, 3.8) is 0 Å². The third kappa shape index (κ3) is 2.68. The number of anilines is 1. The minimum Gasteiger partial charge on any atom is -0.397 e. The highest BCUT2D eigenvalue weighted by molar-refractivity contribution is 5.94. The van der Waals surface area contributed by atoms with E-state index < -0.39 is 0 Å². The average molecular weight is 276 g/mol. The van der Waals surface area contributed by atoms with E-state index >= 15 is 0 Å². The third-order valence-electron chi connectivity index (χ3n) is 4.23. The van der Waals surface area contributed by atoms with E-state index in [1.807, 2.05) is 17.2 Å².